The number of benzene rings is 1. The normalized spacial score (nSPS) is 10.9. The Balaban J connectivity index is 1.67. The lowest BCUT2D eigenvalue weighted by molar-refractivity contribution is 0.102. The molecular formula is C18H13N5O2. The summed E-state index contributed by atoms with van der Waals surface area (Å²) in [6.07, 6.45) is 3.33. The molecule has 7 nitrogen and oxygen atoms in total. The van der Waals surface area contributed by atoms with Gasteiger partial charge in [-0.15, -0.1) is 0 Å². The highest BCUT2D eigenvalue weighted by Gasteiger charge is 2.10. The van der Waals surface area contributed by atoms with Crippen LogP contribution in [-0.4, -0.2) is 25.8 Å². The van der Waals surface area contributed by atoms with Gasteiger partial charge in [-0.1, -0.05) is 0 Å². The van der Waals surface area contributed by atoms with Crippen molar-refractivity contribution in [1.82, 2.24) is 19.9 Å². The molecule has 0 saturated heterocycles. The molecule has 0 saturated carbocycles. The lowest BCUT2D eigenvalue weighted by Gasteiger charge is -2.06. The summed E-state index contributed by atoms with van der Waals surface area (Å²) in [4.78, 5) is 39.7. The zero-order chi connectivity index (χ0) is 17.4. The van der Waals surface area contributed by atoms with E-state index in [-0.39, 0.29) is 11.5 Å². The number of aryl methyl sites for hydroxylation is 1. The molecule has 0 aliphatic rings. The quantitative estimate of drug-likeness (QED) is 0.587. The largest absolute Gasteiger partial charge is 0.310 e. The molecule has 0 unspecified atom stereocenters. The predicted molar refractivity (Wildman–Crippen MR) is 94.6 cm³/mol. The SMILES string of the molecule is Cc1nc2cc(C(=O)Nc3ccc4ccncc4n3)ccc2c(=O)[nH]1. The second kappa shape index (κ2) is 5.79. The highest BCUT2D eigenvalue weighted by molar-refractivity contribution is 6.06. The highest BCUT2D eigenvalue weighted by Crippen LogP contribution is 2.16. The first-order valence-electron chi connectivity index (χ1n) is 7.63. The molecule has 3 aromatic heterocycles. The molecule has 4 aromatic rings. The maximum Gasteiger partial charge on any atom is 0.258 e. The van der Waals surface area contributed by atoms with Gasteiger partial charge in [0, 0.05) is 17.1 Å². The van der Waals surface area contributed by atoms with Crippen LogP contribution in [0.25, 0.3) is 21.8 Å². The minimum Gasteiger partial charge on any atom is -0.310 e. The molecule has 7 heteroatoms. The van der Waals surface area contributed by atoms with Crippen molar-refractivity contribution in [3.8, 4) is 0 Å². The summed E-state index contributed by atoms with van der Waals surface area (Å²) < 4.78 is 0. The third-order valence-corrected chi connectivity index (χ3v) is 3.82. The van der Waals surface area contributed by atoms with Crippen molar-refractivity contribution in [2.45, 2.75) is 6.92 Å². The Morgan fingerprint density at radius 1 is 1.08 bits per heavy atom. The van der Waals surface area contributed by atoms with Crippen LogP contribution in [0.4, 0.5) is 5.82 Å². The number of anilines is 1. The van der Waals surface area contributed by atoms with Gasteiger partial charge in [-0.2, -0.15) is 0 Å². The van der Waals surface area contributed by atoms with E-state index in [0.717, 1.165) is 5.39 Å². The molecular weight excluding hydrogens is 318 g/mol. The monoisotopic (exact) mass is 331 g/mol. The maximum atomic E-state index is 12.5. The maximum absolute atomic E-state index is 12.5. The van der Waals surface area contributed by atoms with Crippen LogP contribution in [0, 0.1) is 6.92 Å². The Morgan fingerprint density at radius 2 is 1.96 bits per heavy atom. The van der Waals surface area contributed by atoms with E-state index >= 15 is 0 Å². The number of aromatic amines is 1. The van der Waals surface area contributed by atoms with E-state index in [2.05, 4.69) is 25.3 Å². The number of carbonyl (C=O) groups is 1. The van der Waals surface area contributed by atoms with Gasteiger partial charge in [0.05, 0.1) is 22.6 Å². The van der Waals surface area contributed by atoms with Crippen molar-refractivity contribution in [3.63, 3.8) is 0 Å². The summed E-state index contributed by atoms with van der Waals surface area (Å²) in [6, 6.07) is 10.2. The van der Waals surface area contributed by atoms with Crippen LogP contribution in [0.3, 0.4) is 0 Å². The van der Waals surface area contributed by atoms with Gasteiger partial charge >= 0.3 is 0 Å². The highest BCUT2D eigenvalue weighted by atomic mass is 16.1. The standard InChI is InChI=1S/C18H13N5O2/c1-10-20-14-8-12(2-4-13(14)18(25)21-10)17(24)23-16-5-3-11-6-7-19-9-15(11)22-16/h2-9H,1H3,(H,20,21,25)(H,22,23,24). The van der Waals surface area contributed by atoms with E-state index in [0.29, 0.717) is 33.6 Å². The van der Waals surface area contributed by atoms with Gasteiger partial charge < -0.3 is 10.3 Å². The Labute approximate surface area is 141 Å². The Morgan fingerprint density at radius 3 is 2.84 bits per heavy atom. The van der Waals surface area contributed by atoms with Gasteiger partial charge in [-0.3, -0.25) is 14.6 Å². The third-order valence-electron chi connectivity index (χ3n) is 3.82. The molecule has 122 valence electrons. The van der Waals surface area contributed by atoms with Gasteiger partial charge in [0.2, 0.25) is 0 Å². The topological polar surface area (TPSA) is 101 Å². The fourth-order valence-electron chi connectivity index (χ4n) is 2.62. The van der Waals surface area contributed by atoms with Crippen molar-refractivity contribution >= 4 is 33.5 Å². The molecule has 0 radical (unpaired) electrons. The van der Waals surface area contributed by atoms with E-state index in [4.69, 9.17) is 0 Å². The van der Waals surface area contributed by atoms with Crippen LogP contribution in [0.5, 0.6) is 0 Å². The molecule has 1 aromatic carbocycles. The Kier molecular flexibility index (Phi) is 3.46. The van der Waals surface area contributed by atoms with E-state index in [9.17, 15) is 9.59 Å². The lowest BCUT2D eigenvalue weighted by atomic mass is 10.1. The third kappa shape index (κ3) is 2.83. The number of amides is 1. The average Bonchev–Trinajstić information content (AvgIpc) is 2.61. The number of fused-ring (bicyclic) bond motifs is 2. The van der Waals surface area contributed by atoms with Crippen LogP contribution in [-0.2, 0) is 0 Å². The molecule has 0 fully saturated rings. The van der Waals surface area contributed by atoms with Gasteiger partial charge in [0.15, 0.2) is 0 Å². The van der Waals surface area contributed by atoms with Gasteiger partial charge in [-0.25, -0.2) is 9.97 Å². The van der Waals surface area contributed by atoms with Crippen molar-refractivity contribution < 1.29 is 4.79 Å². The molecule has 3 heterocycles. The summed E-state index contributed by atoms with van der Waals surface area (Å²) in [5.74, 6) is 0.608. The summed E-state index contributed by atoms with van der Waals surface area (Å²) in [5.41, 5.74) is 1.35. The number of H-pyrrole nitrogens is 1. The number of hydrogen-bond donors (Lipinski definition) is 2. The predicted octanol–water partition coefficient (Wildman–Crippen LogP) is 2.43. The first-order chi connectivity index (χ1) is 12.1. The fourth-order valence-corrected chi connectivity index (χ4v) is 2.62. The van der Waals surface area contributed by atoms with Crippen molar-refractivity contribution in [3.05, 3.63) is 70.5 Å². The van der Waals surface area contributed by atoms with E-state index < -0.39 is 0 Å². The zero-order valence-electron chi connectivity index (χ0n) is 13.3. The number of pyridine rings is 2. The Bertz CT molecular complexity index is 1180. The zero-order valence-corrected chi connectivity index (χ0v) is 13.3. The number of hydrogen-bond acceptors (Lipinski definition) is 5. The van der Waals surface area contributed by atoms with E-state index in [1.54, 1.807) is 43.6 Å². The second-order valence-electron chi connectivity index (χ2n) is 5.60. The Hall–Kier alpha value is -3.61. The fraction of sp³-hybridized carbons (Fsp3) is 0.0556. The van der Waals surface area contributed by atoms with Crippen LogP contribution in [0.15, 0.2) is 53.6 Å². The van der Waals surface area contributed by atoms with Crippen LogP contribution in [0.1, 0.15) is 16.2 Å². The molecule has 25 heavy (non-hydrogen) atoms. The first kappa shape index (κ1) is 14.9. The summed E-state index contributed by atoms with van der Waals surface area (Å²) in [6.45, 7) is 1.70. The number of aromatic nitrogens is 4. The average molecular weight is 331 g/mol. The molecule has 0 atom stereocenters. The minimum absolute atomic E-state index is 0.224. The van der Waals surface area contributed by atoms with Gasteiger partial charge in [0.1, 0.15) is 11.6 Å². The van der Waals surface area contributed by atoms with Gasteiger partial charge in [-0.05, 0) is 43.3 Å². The molecule has 1 amide bonds. The second-order valence-corrected chi connectivity index (χ2v) is 5.60. The molecule has 4 rings (SSSR count). The number of carbonyl (C=O) groups excluding carboxylic acids is 1. The van der Waals surface area contributed by atoms with E-state index in [1.807, 2.05) is 12.1 Å². The van der Waals surface area contributed by atoms with E-state index in [1.165, 1.54) is 0 Å². The van der Waals surface area contributed by atoms with Crippen LogP contribution >= 0.6 is 0 Å². The summed E-state index contributed by atoms with van der Waals surface area (Å²) in [5, 5.41) is 4.14. The van der Waals surface area contributed by atoms with Crippen LogP contribution in [0.2, 0.25) is 0 Å². The van der Waals surface area contributed by atoms with Crippen molar-refractivity contribution in [2.24, 2.45) is 0 Å². The molecule has 0 bridgehead atoms. The molecule has 0 aliphatic carbocycles. The molecule has 0 spiro atoms. The smallest absolute Gasteiger partial charge is 0.258 e. The molecule has 2 N–H and O–H groups in total. The minimum atomic E-state index is -0.322. The van der Waals surface area contributed by atoms with Crippen molar-refractivity contribution in [2.75, 3.05) is 5.32 Å². The lowest BCUT2D eigenvalue weighted by Crippen LogP contribution is -2.14. The number of rotatable bonds is 2. The number of nitrogens with zero attached hydrogens (tertiary/aromatic N) is 3. The van der Waals surface area contributed by atoms with Crippen molar-refractivity contribution in [1.29, 1.82) is 0 Å². The van der Waals surface area contributed by atoms with Gasteiger partial charge in [0.25, 0.3) is 11.5 Å². The van der Waals surface area contributed by atoms with Crippen LogP contribution < -0.4 is 10.9 Å². The number of nitrogens with one attached hydrogen (secondary N) is 2. The summed E-state index contributed by atoms with van der Waals surface area (Å²) >= 11 is 0. The first-order valence-corrected chi connectivity index (χ1v) is 7.63. The summed E-state index contributed by atoms with van der Waals surface area (Å²) in [7, 11) is 0. The molecule has 0 aliphatic heterocycles.